The summed E-state index contributed by atoms with van der Waals surface area (Å²) < 4.78 is 22.8. The van der Waals surface area contributed by atoms with E-state index in [0.717, 1.165) is 16.7 Å². The van der Waals surface area contributed by atoms with Crippen molar-refractivity contribution in [3.63, 3.8) is 0 Å². The molecule has 2 unspecified atom stereocenters. The quantitative estimate of drug-likeness (QED) is 0.385. The topological polar surface area (TPSA) is 83.1 Å². The molecule has 1 N–H and O–H groups in total. The summed E-state index contributed by atoms with van der Waals surface area (Å²) in [7, 11) is 3.20. The predicted octanol–water partition coefficient (Wildman–Crippen LogP) is 5.69. The normalized spacial score (nSPS) is 18.7. The molecule has 1 aliphatic heterocycles. The van der Waals surface area contributed by atoms with Crippen molar-refractivity contribution in [2.24, 2.45) is 0 Å². The Morgan fingerprint density at radius 1 is 0.769 bits per heavy atom. The highest BCUT2D eigenvalue weighted by atomic mass is 16.5. The van der Waals surface area contributed by atoms with Crippen molar-refractivity contribution in [3.05, 3.63) is 94.7 Å². The number of rotatable bonds is 9. The molecule has 1 amide bonds. The fourth-order valence-corrected chi connectivity index (χ4v) is 5.45. The van der Waals surface area contributed by atoms with Crippen LogP contribution in [0, 0.1) is 0 Å². The lowest BCUT2D eigenvalue weighted by atomic mass is 9.73. The Hall–Kier alpha value is -4.26. The summed E-state index contributed by atoms with van der Waals surface area (Å²) in [5.41, 5.74) is 4.26. The van der Waals surface area contributed by atoms with Gasteiger partial charge in [0.05, 0.1) is 20.8 Å². The first-order valence-electron chi connectivity index (χ1n) is 13.2. The van der Waals surface area contributed by atoms with Gasteiger partial charge in [-0.1, -0.05) is 42.5 Å². The molecule has 1 aliphatic carbocycles. The van der Waals surface area contributed by atoms with Crippen LogP contribution in [0.15, 0.2) is 78.0 Å². The molecule has 7 heteroatoms. The number of hydrogen-bond donors (Lipinski definition) is 1. The summed E-state index contributed by atoms with van der Waals surface area (Å²) in [6, 6.07) is 21.3. The Labute approximate surface area is 228 Å². The van der Waals surface area contributed by atoms with Crippen molar-refractivity contribution in [1.82, 2.24) is 5.32 Å². The largest absolute Gasteiger partial charge is 0.493 e. The minimum absolute atomic E-state index is 0.0432. The SMILES string of the molecule is CCOc1ccc(C2CC(=O)C3=C(C2)NC(=O)CC3c2ccc(OC)c(OCc3ccccc3)c2)cc1OC. The lowest BCUT2D eigenvalue weighted by molar-refractivity contribution is -0.122. The van der Waals surface area contributed by atoms with Gasteiger partial charge in [-0.3, -0.25) is 9.59 Å². The molecule has 3 aromatic carbocycles. The standard InChI is InChI=1S/C32H33NO6/c1-4-38-28-13-10-21(16-29(28)37-3)23-14-25-32(26(34)15-23)24(18-31(35)33-25)22-11-12-27(36-2)30(17-22)39-19-20-8-6-5-7-9-20/h5-13,16-17,23-24H,4,14-15,18-19H2,1-3H3,(H,33,35). The zero-order valence-electron chi connectivity index (χ0n) is 22.5. The van der Waals surface area contributed by atoms with Crippen LogP contribution < -0.4 is 24.3 Å². The summed E-state index contributed by atoms with van der Waals surface area (Å²) in [5.74, 6) is 2.01. The maximum Gasteiger partial charge on any atom is 0.225 e. The number of ether oxygens (including phenoxy) is 4. The van der Waals surface area contributed by atoms with E-state index >= 15 is 0 Å². The first kappa shape index (κ1) is 26.4. The number of carbonyl (C=O) groups is 2. The van der Waals surface area contributed by atoms with E-state index in [9.17, 15) is 9.59 Å². The maximum atomic E-state index is 13.6. The van der Waals surface area contributed by atoms with Crippen LogP contribution in [-0.4, -0.2) is 32.5 Å². The summed E-state index contributed by atoms with van der Waals surface area (Å²) in [6.07, 6.45) is 1.13. The predicted molar refractivity (Wildman–Crippen MR) is 147 cm³/mol. The fraction of sp³-hybridized carbons (Fsp3) is 0.312. The van der Waals surface area contributed by atoms with Crippen LogP contribution in [0.3, 0.4) is 0 Å². The van der Waals surface area contributed by atoms with Crippen LogP contribution in [0.2, 0.25) is 0 Å². The first-order chi connectivity index (χ1) is 19.0. The fourth-order valence-electron chi connectivity index (χ4n) is 5.45. The van der Waals surface area contributed by atoms with Crippen LogP contribution >= 0.6 is 0 Å². The number of amides is 1. The molecule has 39 heavy (non-hydrogen) atoms. The number of hydrogen-bond acceptors (Lipinski definition) is 6. The number of nitrogens with one attached hydrogen (secondary N) is 1. The summed E-state index contributed by atoms with van der Waals surface area (Å²) in [5, 5.41) is 3.00. The molecule has 0 saturated heterocycles. The van der Waals surface area contributed by atoms with E-state index in [1.165, 1.54) is 0 Å². The third-order valence-electron chi connectivity index (χ3n) is 7.32. The van der Waals surface area contributed by atoms with Crippen LogP contribution in [0.25, 0.3) is 0 Å². The third kappa shape index (κ3) is 5.62. The smallest absolute Gasteiger partial charge is 0.225 e. The molecular weight excluding hydrogens is 494 g/mol. The van der Waals surface area contributed by atoms with Gasteiger partial charge in [0.2, 0.25) is 5.91 Å². The molecule has 0 radical (unpaired) electrons. The molecule has 1 heterocycles. The highest BCUT2D eigenvalue weighted by Crippen LogP contribution is 2.45. The van der Waals surface area contributed by atoms with Crippen LogP contribution in [0.4, 0.5) is 0 Å². The van der Waals surface area contributed by atoms with E-state index in [-0.39, 0.29) is 29.9 Å². The van der Waals surface area contributed by atoms with E-state index in [4.69, 9.17) is 18.9 Å². The second-order valence-corrected chi connectivity index (χ2v) is 9.75. The third-order valence-corrected chi connectivity index (χ3v) is 7.32. The molecule has 202 valence electrons. The van der Waals surface area contributed by atoms with Crippen molar-refractivity contribution >= 4 is 11.7 Å². The van der Waals surface area contributed by atoms with Crippen LogP contribution in [0.1, 0.15) is 54.7 Å². The average Bonchev–Trinajstić information content (AvgIpc) is 2.96. The van der Waals surface area contributed by atoms with Gasteiger partial charge in [-0.2, -0.15) is 0 Å². The zero-order chi connectivity index (χ0) is 27.4. The van der Waals surface area contributed by atoms with Crippen molar-refractivity contribution in [2.45, 2.75) is 44.6 Å². The highest BCUT2D eigenvalue weighted by Gasteiger charge is 2.38. The molecule has 2 aliphatic rings. The van der Waals surface area contributed by atoms with Gasteiger partial charge in [0.15, 0.2) is 28.8 Å². The molecule has 3 aromatic rings. The maximum absolute atomic E-state index is 13.6. The molecule has 0 spiro atoms. The van der Waals surface area contributed by atoms with Gasteiger partial charge in [-0.05, 0) is 60.2 Å². The van der Waals surface area contributed by atoms with Gasteiger partial charge in [-0.15, -0.1) is 0 Å². The first-order valence-corrected chi connectivity index (χ1v) is 13.2. The molecule has 0 bridgehead atoms. The number of methoxy groups -OCH3 is 2. The number of Topliss-reactive ketones (excluding diaryl/α,β-unsaturated/α-hetero) is 1. The van der Waals surface area contributed by atoms with Crippen molar-refractivity contribution in [2.75, 3.05) is 20.8 Å². The second kappa shape index (κ2) is 11.6. The Balaban J connectivity index is 1.43. The van der Waals surface area contributed by atoms with Crippen molar-refractivity contribution in [3.8, 4) is 23.0 Å². The number of carbonyl (C=O) groups excluding carboxylic acids is 2. The Kier molecular flexibility index (Phi) is 7.87. The minimum atomic E-state index is -0.345. The van der Waals surface area contributed by atoms with Gasteiger partial charge < -0.3 is 24.3 Å². The van der Waals surface area contributed by atoms with Crippen molar-refractivity contribution < 1.29 is 28.5 Å². The van der Waals surface area contributed by atoms with E-state index in [0.29, 0.717) is 60.3 Å². The van der Waals surface area contributed by atoms with E-state index in [1.807, 2.05) is 73.7 Å². The van der Waals surface area contributed by atoms with Gasteiger partial charge in [0, 0.05) is 30.0 Å². The van der Waals surface area contributed by atoms with Gasteiger partial charge in [-0.25, -0.2) is 0 Å². The Morgan fingerprint density at radius 3 is 2.23 bits per heavy atom. The second-order valence-electron chi connectivity index (χ2n) is 9.75. The lowest BCUT2D eigenvalue weighted by Gasteiger charge is -2.34. The van der Waals surface area contributed by atoms with Crippen LogP contribution in [-0.2, 0) is 16.2 Å². The number of allylic oxidation sites excluding steroid dienone is 2. The monoisotopic (exact) mass is 527 g/mol. The molecule has 7 nitrogen and oxygen atoms in total. The molecule has 0 saturated carbocycles. The average molecular weight is 528 g/mol. The van der Waals surface area contributed by atoms with Gasteiger partial charge >= 0.3 is 0 Å². The molecule has 0 aromatic heterocycles. The minimum Gasteiger partial charge on any atom is -0.493 e. The molecule has 0 fully saturated rings. The summed E-state index contributed by atoms with van der Waals surface area (Å²) >= 11 is 0. The summed E-state index contributed by atoms with van der Waals surface area (Å²) in [6.45, 7) is 2.84. The van der Waals surface area contributed by atoms with E-state index in [2.05, 4.69) is 5.32 Å². The molecule has 5 rings (SSSR count). The van der Waals surface area contributed by atoms with Crippen molar-refractivity contribution in [1.29, 1.82) is 0 Å². The lowest BCUT2D eigenvalue weighted by Crippen LogP contribution is -2.38. The van der Waals surface area contributed by atoms with Gasteiger partial charge in [0.1, 0.15) is 6.61 Å². The van der Waals surface area contributed by atoms with E-state index < -0.39 is 0 Å². The number of ketones is 1. The van der Waals surface area contributed by atoms with Gasteiger partial charge in [0.25, 0.3) is 0 Å². The number of benzene rings is 3. The zero-order valence-corrected chi connectivity index (χ0v) is 22.5. The van der Waals surface area contributed by atoms with Crippen LogP contribution in [0.5, 0.6) is 23.0 Å². The molecule has 2 atom stereocenters. The molecular formula is C32H33NO6. The Bertz CT molecular complexity index is 1400. The van der Waals surface area contributed by atoms with E-state index in [1.54, 1.807) is 14.2 Å². The highest BCUT2D eigenvalue weighted by molar-refractivity contribution is 6.02. The Morgan fingerprint density at radius 2 is 1.49 bits per heavy atom. The summed E-state index contributed by atoms with van der Waals surface area (Å²) in [4.78, 5) is 26.5.